The van der Waals surface area contributed by atoms with Crippen molar-refractivity contribution in [3.63, 3.8) is 0 Å². The molecule has 1 aliphatic rings. The highest BCUT2D eigenvalue weighted by Crippen LogP contribution is 2.34. The Labute approximate surface area is 111 Å². The zero-order chi connectivity index (χ0) is 15.0. The van der Waals surface area contributed by atoms with E-state index in [-0.39, 0.29) is 5.56 Å². The third-order valence-electron chi connectivity index (χ3n) is 2.50. The van der Waals surface area contributed by atoms with E-state index in [0.29, 0.717) is 0 Å². The molecule has 8 heteroatoms. The van der Waals surface area contributed by atoms with E-state index >= 15 is 0 Å². The van der Waals surface area contributed by atoms with Crippen LogP contribution in [0.3, 0.4) is 0 Å². The second-order valence-corrected chi connectivity index (χ2v) is 4.15. The van der Waals surface area contributed by atoms with E-state index in [1.807, 2.05) is 0 Å². The molecule has 0 bridgehead atoms. The molecule has 0 spiro atoms. The van der Waals surface area contributed by atoms with Gasteiger partial charge in [0.2, 0.25) is 0 Å². The molecule has 0 atom stereocenters. The number of hydrogen-bond donors (Lipinski definition) is 0. The Balaban J connectivity index is 2.30. The van der Waals surface area contributed by atoms with Crippen LogP contribution in [0.1, 0.15) is 18.9 Å². The minimum Gasteiger partial charge on any atom is -0.418 e. The molecule has 1 fully saturated rings. The maximum absolute atomic E-state index is 12.1. The maximum atomic E-state index is 12.1. The van der Waals surface area contributed by atoms with Crippen molar-refractivity contribution in [3.8, 4) is 5.75 Å². The van der Waals surface area contributed by atoms with Crippen molar-refractivity contribution in [1.29, 1.82) is 0 Å². The van der Waals surface area contributed by atoms with Crippen molar-refractivity contribution < 1.29 is 37.0 Å². The molecule has 0 radical (unpaired) electrons. The van der Waals surface area contributed by atoms with E-state index in [0.717, 1.165) is 12.1 Å². The van der Waals surface area contributed by atoms with Gasteiger partial charge in [0.25, 0.3) is 5.79 Å². The molecule has 108 valence electrons. The normalized spacial score (nSPS) is 18.2. The van der Waals surface area contributed by atoms with Crippen molar-refractivity contribution >= 4 is 11.9 Å². The molecule has 0 saturated carbocycles. The van der Waals surface area contributed by atoms with Crippen LogP contribution in [0.2, 0.25) is 0 Å². The molecule has 1 aromatic carbocycles. The molecule has 2 rings (SSSR count). The number of rotatable bonds is 2. The zero-order valence-electron chi connectivity index (χ0n) is 10.2. The van der Waals surface area contributed by atoms with Crippen LogP contribution in [-0.4, -0.2) is 18.3 Å². The van der Waals surface area contributed by atoms with E-state index in [4.69, 9.17) is 9.47 Å². The van der Waals surface area contributed by atoms with Gasteiger partial charge >= 0.3 is 18.3 Å². The minimum atomic E-state index is -4.85. The monoisotopic (exact) mass is 290 g/mol. The average Bonchev–Trinajstić information content (AvgIpc) is 2.25. The standard InChI is InChI=1S/C12H9F3O5/c1-11(19-9(16)6-10(17)20-11)7-3-2-4-8(5-7)18-12(13,14)15/h2-5H,6H2,1H3. The lowest BCUT2D eigenvalue weighted by molar-refractivity contribution is -0.275. The zero-order valence-corrected chi connectivity index (χ0v) is 10.2. The summed E-state index contributed by atoms with van der Waals surface area (Å²) >= 11 is 0. The fourth-order valence-corrected chi connectivity index (χ4v) is 1.74. The highest BCUT2D eigenvalue weighted by molar-refractivity contribution is 5.93. The summed E-state index contributed by atoms with van der Waals surface area (Å²) in [5, 5.41) is 0. The Bertz CT molecular complexity index is 536. The Morgan fingerprint density at radius 1 is 1.20 bits per heavy atom. The molecule has 0 aliphatic carbocycles. The lowest BCUT2D eigenvalue weighted by Gasteiger charge is -2.32. The predicted octanol–water partition coefficient (Wildman–Crippen LogP) is 2.25. The van der Waals surface area contributed by atoms with Gasteiger partial charge in [-0.2, -0.15) is 0 Å². The quantitative estimate of drug-likeness (QED) is 0.617. The topological polar surface area (TPSA) is 61.8 Å². The predicted molar refractivity (Wildman–Crippen MR) is 57.3 cm³/mol. The third kappa shape index (κ3) is 3.19. The number of halogens is 3. The van der Waals surface area contributed by atoms with Gasteiger partial charge in [0, 0.05) is 12.5 Å². The van der Waals surface area contributed by atoms with Crippen LogP contribution < -0.4 is 4.74 Å². The molecule has 20 heavy (non-hydrogen) atoms. The number of benzene rings is 1. The fraction of sp³-hybridized carbons (Fsp3) is 0.333. The number of ether oxygens (including phenoxy) is 3. The van der Waals surface area contributed by atoms with Gasteiger partial charge in [-0.05, 0) is 12.1 Å². The van der Waals surface area contributed by atoms with Gasteiger partial charge in [-0.1, -0.05) is 12.1 Å². The minimum absolute atomic E-state index is 0.0562. The molecule has 1 saturated heterocycles. The number of esters is 2. The van der Waals surface area contributed by atoms with Gasteiger partial charge in [0.1, 0.15) is 12.2 Å². The summed E-state index contributed by atoms with van der Waals surface area (Å²) in [5.41, 5.74) is 0.0562. The molecule has 0 amide bonds. The largest absolute Gasteiger partial charge is 0.573 e. The summed E-state index contributed by atoms with van der Waals surface area (Å²) in [7, 11) is 0. The summed E-state index contributed by atoms with van der Waals surface area (Å²) in [6.07, 6.45) is -5.38. The Hall–Kier alpha value is -2.25. The lowest BCUT2D eigenvalue weighted by Crippen LogP contribution is -2.40. The first-order chi connectivity index (χ1) is 9.18. The number of alkyl halides is 3. The number of carbonyl (C=O) groups is 2. The maximum Gasteiger partial charge on any atom is 0.573 e. The summed E-state index contributed by atoms with van der Waals surface area (Å²) in [6, 6.07) is 4.68. The molecule has 0 unspecified atom stereocenters. The highest BCUT2D eigenvalue weighted by atomic mass is 19.4. The van der Waals surface area contributed by atoms with Crippen molar-refractivity contribution in [2.75, 3.05) is 0 Å². The highest BCUT2D eigenvalue weighted by Gasteiger charge is 2.41. The molecule has 1 aliphatic heterocycles. The first-order valence-electron chi connectivity index (χ1n) is 5.48. The molecule has 0 N–H and O–H groups in total. The summed E-state index contributed by atoms with van der Waals surface area (Å²) in [6.45, 7) is 1.26. The van der Waals surface area contributed by atoms with E-state index < -0.39 is 36.3 Å². The van der Waals surface area contributed by atoms with Gasteiger partial charge in [-0.25, -0.2) is 0 Å². The van der Waals surface area contributed by atoms with Crippen LogP contribution >= 0.6 is 0 Å². The Morgan fingerprint density at radius 2 is 1.80 bits per heavy atom. The molecule has 1 heterocycles. The van der Waals surface area contributed by atoms with Crippen LogP contribution in [0.4, 0.5) is 13.2 Å². The smallest absolute Gasteiger partial charge is 0.418 e. The second-order valence-electron chi connectivity index (χ2n) is 4.15. The number of hydrogen-bond acceptors (Lipinski definition) is 5. The SMILES string of the molecule is CC1(c2cccc(OC(F)(F)F)c2)OC(=O)CC(=O)O1. The van der Waals surface area contributed by atoms with Crippen molar-refractivity contribution in [3.05, 3.63) is 29.8 Å². The van der Waals surface area contributed by atoms with Crippen molar-refractivity contribution in [1.82, 2.24) is 0 Å². The summed E-state index contributed by atoms with van der Waals surface area (Å²) in [4.78, 5) is 22.5. The van der Waals surface area contributed by atoms with E-state index in [1.54, 1.807) is 0 Å². The van der Waals surface area contributed by atoms with Crippen LogP contribution in [0.15, 0.2) is 24.3 Å². The Morgan fingerprint density at radius 3 is 2.35 bits per heavy atom. The van der Waals surface area contributed by atoms with Gasteiger partial charge in [-0.15, -0.1) is 13.2 Å². The van der Waals surface area contributed by atoms with Crippen LogP contribution in [0.5, 0.6) is 5.75 Å². The van der Waals surface area contributed by atoms with Gasteiger partial charge in [-0.3, -0.25) is 9.59 Å². The van der Waals surface area contributed by atoms with Crippen molar-refractivity contribution in [2.24, 2.45) is 0 Å². The number of carbonyl (C=O) groups excluding carboxylic acids is 2. The van der Waals surface area contributed by atoms with Crippen LogP contribution in [-0.2, 0) is 24.8 Å². The van der Waals surface area contributed by atoms with E-state index in [2.05, 4.69) is 4.74 Å². The van der Waals surface area contributed by atoms with Crippen LogP contribution in [0.25, 0.3) is 0 Å². The lowest BCUT2D eigenvalue weighted by atomic mass is 10.1. The summed E-state index contributed by atoms with van der Waals surface area (Å²) < 4.78 is 50.0. The van der Waals surface area contributed by atoms with Gasteiger partial charge in [0.15, 0.2) is 0 Å². The molecule has 1 aromatic rings. The molecular weight excluding hydrogens is 281 g/mol. The fourth-order valence-electron chi connectivity index (χ4n) is 1.74. The average molecular weight is 290 g/mol. The van der Waals surface area contributed by atoms with Gasteiger partial charge in [0.05, 0.1) is 0 Å². The molecule has 5 nitrogen and oxygen atoms in total. The third-order valence-corrected chi connectivity index (χ3v) is 2.50. The first kappa shape index (κ1) is 14.2. The first-order valence-corrected chi connectivity index (χ1v) is 5.48. The number of cyclic esters (lactones) is 2. The Kier molecular flexibility index (Phi) is 3.33. The van der Waals surface area contributed by atoms with Gasteiger partial charge < -0.3 is 14.2 Å². The molecular formula is C12H9F3O5. The van der Waals surface area contributed by atoms with E-state index in [9.17, 15) is 22.8 Å². The van der Waals surface area contributed by atoms with Crippen molar-refractivity contribution in [2.45, 2.75) is 25.5 Å². The molecule has 0 aromatic heterocycles. The van der Waals surface area contributed by atoms with E-state index in [1.165, 1.54) is 19.1 Å². The summed E-state index contributed by atoms with van der Waals surface area (Å²) in [5.74, 6) is -3.90. The second kappa shape index (κ2) is 4.69. The van der Waals surface area contributed by atoms with Crippen LogP contribution in [0, 0.1) is 0 Å².